The topological polar surface area (TPSA) is 74.7 Å². The van der Waals surface area contributed by atoms with E-state index in [-0.39, 0.29) is 5.82 Å². The standard InChI is InChI=1S/C15H15FN4/c1-10-6-13(16)3-2-12(10)4-5-19-15-14(18)7-11(8-17)9-20-15/h2-3,6-7,9H,4-5,18H2,1H3,(H,19,20). The summed E-state index contributed by atoms with van der Waals surface area (Å²) in [5.41, 5.74) is 8.68. The third kappa shape index (κ3) is 3.23. The number of hydrogen-bond acceptors (Lipinski definition) is 4. The molecule has 0 aliphatic heterocycles. The SMILES string of the molecule is Cc1cc(F)ccc1CCNc1ncc(C#N)cc1N. The molecule has 3 N–H and O–H groups in total. The Bertz CT molecular complexity index is 661. The van der Waals surface area contributed by atoms with Crippen molar-refractivity contribution in [2.24, 2.45) is 0 Å². The molecule has 1 aromatic carbocycles. The van der Waals surface area contributed by atoms with Crippen LogP contribution in [0.15, 0.2) is 30.5 Å². The quantitative estimate of drug-likeness (QED) is 0.895. The van der Waals surface area contributed by atoms with Crippen molar-refractivity contribution in [3.8, 4) is 6.07 Å². The van der Waals surface area contributed by atoms with Crippen LogP contribution in [0.25, 0.3) is 0 Å². The summed E-state index contributed by atoms with van der Waals surface area (Å²) in [7, 11) is 0. The highest BCUT2D eigenvalue weighted by atomic mass is 19.1. The molecule has 4 nitrogen and oxygen atoms in total. The summed E-state index contributed by atoms with van der Waals surface area (Å²) in [6.45, 7) is 2.52. The number of pyridine rings is 1. The lowest BCUT2D eigenvalue weighted by molar-refractivity contribution is 0.625. The van der Waals surface area contributed by atoms with Crippen molar-refractivity contribution < 1.29 is 4.39 Å². The zero-order valence-electron chi connectivity index (χ0n) is 11.2. The molecule has 0 atom stereocenters. The van der Waals surface area contributed by atoms with Crippen LogP contribution in [0.5, 0.6) is 0 Å². The minimum Gasteiger partial charge on any atom is -0.396 e. The summed E-state index contributed by atoms with van der Waals surface area (Å²) < 4.78 is 13.0. The first kappa shape index (κ1) is 13.8. The number of rotatable bonds is 4. The minimum absolute atomic E-state index is 0.225. The molecule has 2 rings (SSSR count). The van der Waals surface area contributed by atoms with Gasteiger partial charge in [-0.1, -0.05) is 6.07 Å². The monoisotopic (exact) mass is 270 g/mol. The van der Waals surface area contributed by atoms with Crippen LogP contribution in [0.3, 0.4) is 0 Å². The second-order valence-corrected chi connectivity index (χ2v) is 4.52. The van der Waals surface area contributed by atoms with E-state index in [1.807, 2.05) is 13.0 Å². The lowest BCUT2D eigenvalue weighted by Crippen LogP contribution is -2.09. The Morgan fingerprint density at radius 3 is 2.85 bits per heavy atom. The summed E-state index contributed by atoms with van der Waals surface area (Å²) in [5.74, 6) is 0.334. The average molecular weight is 270 g/mol. The van der Waals surface area contributed by atoms with Gasteiger partial charge in [-0.05, 0) is 42.7 Å². The number of benzene rings is 1. The van der Waals surface area contributed by atoms with Crippen LogP contribution in [0.1, 0.15) is 16.7 Å². The molecule has 20 heavy (non-hydrogen) atoms. The number of aryl methyl sites for hydroxylation is 1. The first-order valence-corrected chi connectivity index (χ1v) is 6.24. The Kier molecular flexibility index (Phi) is 4.16. The number of nitrogens with zero attached hydrogens (tertiary/aromatic N) is 2. The first-order chi connectivity index (χ1) is 9.60. The Hall–Kier alpha value is -2.61. The number of hydrogen-bond donors (Lipinski definition) is 2. The zero-order chi connectivity index (χ0) is 14.5. The maximum Gasteiger partial charge on any atom is 0.149 e. The Morgan fingerprint density at radius 2 is 2.20 bits per heavy atom. The van der Waals surface area contributed by atoms with Crippen LogP contribution >= 0.6 is 0 Å². The van der Waals surface area contributed by atoms with Crippen molar-refractivity contribution in [2.75, 3.05) is 17.6 Å². The van der Waals surface area contributed by atoms with Gasteiger partial charge in [0, 0.05) is 12.7 Å². The predicted molar refractivity (Wildman–Crippen MR) is 76.7 cm³/mol. The summed E-state index contributed by atoms with van der Waals surface area (Å²) in [4.78, 5) is 4.10. The number of anilines is 2. The number of aromatic nitrogens is 1. The van der Waals surface area contributed by atoms with Gasteiger partial charge in [0.15, 0.2) is 0 Å². The van der Waals surface area contributed by atoms with Gasteiger partial charge in [0.1, 0.15) is 17.7 Å². The minimum atomic E-state index is -0.225. The molecule has 5 heteroatoms. The largest absolute Gasteiger partial charge is 0.396 e. The summed E-state index contributed by atoms with van der Waals surface area (Å²) in [6, 6.07) is 8.32. The van der Waals surface area contributed by atoms with Crippen molar-refractivity contribution in [3.05, 3.63) is 53.0 Å². The average Bonchev–Trinajstić information content (AvgIpc) is 2.42. The third-order valence-corrected chi connectivity index (χ3v) is 3.04. The van der Waals surface area contributed by atoms with E-state index in [1.54, 1.807) is 12.1 Å². The van der Waals surface area contributed by atoms with Gasteiger partial charge in [-0.25, -0.2) is 9.37 Å². The van der Waals surface area contributed by atoms with Gasteiger partial charge in [0.05, 0.1) is 11.3 Å². The second kappa shape index (κ2) is 6.02. The maximum absolute atomic E-state index is 13.0. The summed E-state index contributed by atoms with van der Waals surface area (Å²) >= 11 is 0. The van der Waals surface area contributed by atoms with E-state index in [2.05, 4.69) is 10.3 Å². The summed E-state index contributed by atoms with van der Waals surface area (Å²) in [5, 5.41) is 11.8. The number of nitrogen functional groups attached to an aromatic ring is 1. The molecule has 0 aliphatic rings. The predicted octanol–water partition coefficient (Wildman–Crippen LogP) is 2.64. The van der Waals surface area contributed by atoms with Crippen LogP contribution in [-0.2, 0) is 6.42 Å². The van der Waals surface area contributed by atoms with Crippen molar-refractivity contribution in [2.45, 2.75) is 13.3 Å². The first-order valence-electron chi connectivity index (χ1n) is 6.24. The van der Waals surface area contributed by atoms with Gasteiger partial charge < -0.3 is 11.1 Å². The number of nitrogens with two attached hydrogens (primary N) is 1. The van der Waals surface area contributed by atoms with E-state index in [1.165, 1.54) is 18.3 Å². The van der Waals surface area contributed by atoms with E-state index < -0.39 is 0 Å². The summed E-state index contributed by atoms with van der Waals surface area (Å²) in [6.07, 6.45) is 2.22. The van der Waals surface area contributed by atoms with E-state index in [9.17, 15) is 4.39 Å². The smallest absolute Gasteiger partial charge is 0.149 e. The molecule has 2 aromatic rings. The van der Waals surface area contributed by atoms with E-state index in [0.29, 0.717) is 23.6 Å². The molecule has 0 bridgehead atoms. The molecule has 0 amide bonds. The van der Waals surface area contributed by atoms with Gasteiger partial charge in [0.25, 0.3) is 0 Å². The van der Waals surface area contributed by atoms with Crippen LogP contribution < -0.4 is 11.1 Å². The van der Waals surface area contributed by atoms with E-state index in [4.69, 9.17) is 11.0 Å². The molecule has 0 fully saturated rings. The van der Waals surface area contributed by atoms with Crippen LogP contribution in [0, 0.1) is 24.1 Å². The van der Waals surface area contributed by atoms with E-state index >= 15 is 0 Å². The third-order valence-electron chi connectivity index (χ3n) is 3.04. The van der Waals surface area contributed by atoms with Crippen molar-refractivity contribution in [1.82, 2.24) is 4.98 Å². The molecule has 0 aliphatic carbocycles. The van der Waals surface area contributed by atoms with Crippen molar-refractivity contribution in [1.29, 1.82) is 5.26 Å². The number of halogens is 1. The molecule has 0 unspecified atom stereocenters. The highest BCUT2D eigenvalue weighted by molar-refractivity contribution is 5.63. The fraction of sp³-hybridized carbons (Fsp3) is 0.200. The lowest BCUT2D eigenvalue weighted by atomic mass is 10.1. The van der Waals surface area contributed by atoms with Crippen LogP contribution in [0.2, 0.25) is 0 Å². The number of nitriles is 1. The zero-order valence-corrected chi connectivity index (χ0v) is 11.2. The van der Waals surface area contributed by atoms with Gasteiger partial charge in [-0.3, -0.25) is 0 Å². The highest BCUT2D eigenvalue weighted by Crippen LogP contribution is 2.16. The Balaban J connectivity index is 1.98. The molecule has 0 saturated heterocycles. The molecule has 102 valence electrons. The van der Waals surface area contributed by atoms with Crippen LogP contribution in [0.4, 0.5) is 15.9 Å². The van der Waals surface area contributed by atoms with Gasteiger partial charge in [-0.15, -0.1) is 0 Å². The van der Waals surface area contributed by atoms with Gasteiger partial charge in [0.2, 0.25) is 0 Å². The molecule has 0 saturated carbocycles. The molecule has 1 aromatic heterocycles. The molecular formula is C15H15FN4. The second-order valence-electron chi connectivity index (χ2n) is 4.52. The lowest BCUT2D eigenvalue weighted by Gasteiger charge is -2.10. The van der Waals surface area contributed by atoms with E-state index in [0.717, 1.165) is 17.5 Å². The fourth-order valence-corrected chi connectivity index (χ4v) is 1.95. The van der Waals surface area contributed by atoms with Crippen molar-refractivity contribution >= 4 is 11.5 Å². The molecular weight excluding hydrogens is 255 g/mol. The van der Waals surface area contributed by atoms with Crippen LogP contribution in [-0.4, -0.2) is 11.5 Å². The Labute approximate surface area is 117 Å². The number of nitrogens with one attached hydrogen (secondary N) is 1. The normalized spacial score (nSPS) is 10.1. The fourth-order valence-electron chi connectivity index (χ4n) is 1.95. The Morgan fingerprint density at radius 1 is 1.40 bits per heavy atom. The maximum atomic E-state index is 13.0. The van der Waals surface area contributed by atoms with Crippen molar-refractivity contribution in [3.63, 3.8) is 0 Å². The molecule has 0 spiro atoms. The molecule has 0 radical (unpaired) electrons. The van der Waals surface area contributed by atoms with Gasteiger partial charge in [-0.2, -0.15) is 5.26 Å². The molecule has 1 heterocycles. The van der Waals surface area contributed by atoms with Gasteiger partial charge >= 0.3 is 0 Å². The highest BCUT2D eigenvalue weighted by Gasteiger charge is 2.03.